The number of thiazole rings is 1. The zero-order chi connectivity index (χ0) is 20.3. The smallest absolute Gasteiger partial charge is 0.240 e. The zero-order valence-electron chi connectivity index (χ0n) is 15.8. The van der Waals surface area contributed by atoms with Crippen LogP contribution in [0.2, 0.25) is 0 Å². The van der Waals surface area contributed by atoms with E-state index in [4.69, 9.17) is 4.74 Å². The van der Waals surface area contributed by atoms with Gasteiger partial charge in [-0.05, 0) is 47.2 Å². The molecule has 0 bridgehead atoms. The average molecular weight is 425 g/mol. The fourth-order valence-electron chi connectivity index (χ4n) is 3.02. The van der Waals surface area contributed by atoms with Gasteiger partial charge in [0.15, 0.2) is 0 Å². The standard InChI is InChI=1S/C22H20N2O3S2/c1-27-20-9-6-17(7-10-20)22-24-19(15-28-22)12-13-23-29(25,26)21-11-8-16-4-2-3-5-18(16)14-21/h2-11,14-15,23H,12-13H2,1H3. The number of hydrogen-bond donors (Lipinski definition) is 1. The van der Waals surface area contributed by atoms with Crippen LogP contribution in [0.5, 0.6) is 5.75 Å². The van der Waals surface area contributed by atoms with Gasteiger partial charge in [-0.3, -0.25) is 0 Å². The molecule has 4 rings (SSSR count). The van der Waals surface area contributed by atoms with Gasteiger partial charge < -0.3 is 4.74 Å². The fourth-order valence-corrected chi connectivity index (χ4v) is 4.95. The predicted octanol–water partition coefficient (Wildman–Crippen LogP) is 4.49. The summed E-state index contributed by atoms with van der Waals surface area (Å²) < 4.78 is 33.1. The van der Waals surface area contributed by atoms with E-state index in [1.807, 2.05) is 60.0 Å². The molecule has 1 N–H and O–H groups in total. The van der Waals surface area contributed by atoms with Crippen LogP contribution in [0.25, 0.3) is 21.3 Å². The van der Waals surface area contributed by atoms with Gasteiger partial charge in [0.05, 0.1) is 17.7 Å². The van der Waals surface area contributed by atoms with Crippen molar-refractivity contribution in [2.24, 2.45) is 0 Å². The molecule has 0 radical (unpaired) electrons. The van der Waals surface area contributed by atoms with E-state index in [2.05, 4.69) is 9.71 Å². The first kappa shape index (κ1) is 19.6. The van der Waals surface area contributed by atoms with Crippen LogP contribution >= 0.6 is 11.3 Å². The van der Waals surface area contributed by atoms with Crippen molar-refractivity contribution < 1.29 is 13.2 Å². The molecule has 7 heteroatoms. The number of methoxy groups -OCH3 is 1. The third-order valence-electron chi connectivity index (χ3n) is 4.59. The number of fused-ring (bicyclic) bond motifs is 1. The number of benzene rings is 3. The molecule has 0 saturated heterocycles. The van der Waals surface area contributed by atoms with Gasteiger partial charge in [-0.2, -0.15) is 0 Å². The van der Waals surface area contributed by atoms with E-state index in [-0.39, 0.29) is 4.90 Å². The molecule has 5 nitrogen and oxygen atoms in total. The summed E-state index contributed by atoms with van der Waals surface area (Å²) in [6.07, 6.45) is 0.527. The van der Waals surface area contributed by atoms with Crippen LogP contribution in [-0.4, -0.2) is 27.1 Å². The molecule has 1 heterocycles. The molecule has 0 atom stereocenters. The van der Waals surface area contributed by atoms with Crippen molar-refractivity contribution in [1.82, 2.24) is 9.71 Å². The van der Waals surface area contributed by atoms with Crippen LogP contribution in [0.3, 0.4) is 0 Å². The van der Waals surface area contributed by atoms with E-state index in [1.54, 1.807) is 30.6 Å². The molecule has 29 heavy (non-hydrogen) atoms. The highest BCUT2D eigenvalue weighted by atomic mass is 32.2. The molecule has 0 aliphatic carbocycles. The van der Waals surface area contributed by atoms with Crippen molar-refractivity contribution in [2.45, 2.75) is 11.3 Å². The van der Waals surface area contributed by atoms with Crippen molar-refractivity contribution >= 4 is 32.1 Å². The molecule has 3 aromatic carbocycles. The maximum absolute atomic E-state index is 12.6. The lowest BCUT2D eigenvalue weighted by molar-refractivity contribution is 0.415. The lowest BCUT2D eigenvalue weighted by atomic mass is 10.1. The van der Waals surface area contributed by atoms with E-state index in [1.165, 1.54) is 0 Å². The maximum atomic E-state index is 12.6. The lowest BCUT2D eigenvalue weighted by Gasteiger charge is -2.07. The summed E-state index contributed by atoms with van der Waals surface area (Å²) in [7, 11) is -1.93. The number of sulfonamides is 1. The topological polar surface area (TPSA) is 68.3 Å². The highest BCUT2D eigenvalue weighted by Gasteiger charge is 2.14. The van der Waals surface area contributed by atoms with Crippen molar-refractivity contribution in [2.75, 3.05) is 13.7 Å². The molecule has 0 aliphatic rings. The van der Waals surface area contributed by atoms with Gasteiger partial charge in [0.2, 0.25) is 10.0 Å². The Morgan fingerprint density at radius 2 is 1.76 bits per heavy atom. The van der Waals surface area contributed by atoms with Gasteiger partial charge in [0, 0.05) is 23.9 Å². The van der Waals surface area contributed by atoms with Crippen molar-refractivity contribution in [3.8, 4) is 16.3 Å². The van der Waals surface area contributed by atoms with Crippen molar-refractivity contribution in [1.29, 1.82) is 0 Å². The van der Waals surface area contributed by atoms with E-state index < -0.39 is 10.0 Å². The molecule has 148 valence electrons. The molecule has 0 amide bonds. The summed E-state index contributed by atoms with van der Waals surface area (Å²) in [5, 5.41) is 4.78. The SMILES string of the molecule is COc1ccc(-c2nc(CCNS(=O)(=O)c3ccc4ccccc4c3)cs2)cc1. The number of aromatic nitrogens is 1. The normalized spacial score (nSPS) is 11.6. The van der Waals surface area contributed by atoms with Crippen LogP contribution in [0, 0.1) is 0 Å². The Labute approximate surface area is 174 Å². The second kappa shape index (κ2) is 8.32. The first-order valence-corrected chi connectivity index (χ1v) is 11.5. The van der Waals surface area contributed by atoms with Crippen LogP contribution in [-0.2, 0) is 16.4 Å². The van der Waals surface area contributed by atoms with E-state index in [0.717, 1.165) is 32.8 Å². The Bertz CT molecular complexity index is 1230. The van der Waals surface area contributed by atoms with E-state index in [0.29, 0.717) is 13.0 Å². The van der Waals surface area contributed by atoms with Crippen LogP contribution < -0.4 is 9.46 Å². The van der Waals surface area contributed by atoms with Gasteiger partial charge >= 0.3 is 0 Å². The molecular weight excluding hydrogens is 404 g/mol. The third kappa shape index (κ3) is 4.48. The summed E-state index contributed by atoms with van der Waals surface area (Å²) >= 11 is 1.54. The first-order valence-electron chi connectivity index (χ1n) is 9.12. The van der Waals surface area contributed by atoms with Gasteiger partial charge in [-0.1, -0.05) is 30.3 Å². The second-order valence-corrected chi connectivity index (χ2v) is 9.15. The fraction of sp³-hybridized carbons (Fsp3) is 0.136. The quantitative estimate of drug-likeness (QED) is 0.475. The average Bonchev–Trinajstić information content (AvgIpc) is 3.22. The molecule has 0 saturated carbocycles. The Morgan fingerprint density at radius 1 is 1.00 bits per heavy atom. The van der Waals surface area contributed by atoms with E-state index in [9.17, 15) is 8.42 Å². The molecule has 1 aromatic heterocycles. The third-order valence-corrected chi connectivity index (χ3v) is 6.99. The summed E-state index contributed by atoms with van der Waals surface area (Å²) in [6.45, 7) is 0.293. The summed E-state index contributed by atoms with van der Waals surface area (Å²) in [6, 6.07) is 20.6. The predicted molar refractivity (Wildman–Crippen MR) is 117 cm³/mol. The monoisotopic (exact) mass is 424 g/mol. The summed E-state index contributed by atoms with van der Waals surface area (Å²) in [4.78, 5) is 4.88. The minimum absolute atomic E-state index is 0.272. The molecule has 4 aromatic rings. The largest absolute Gasteiger partial charge is 0.497 e. The Balaban J connectivity index is 1.40. The van der Waals surface area contributed by atoms with Crippen LogP contribution in [0.4, 0.5) is 0 Å². The maximum Gasteiger partial charge on any atom is 0.240 e. The first-order chi connectivity index (χ1) is 14.0. The van der Waals surface area contributed by atoms with Crippen LogP contribution in [0.1, 0.15) is 5.69 Å². The minimum atomic E-state index is -3.56. The Kier molecular flexibility index (Phi) is 5.62. The summed E-state index contributed by atoms with van der Waals surface area (Å²) in [5.41, 5.74) is 1.88. The van der Waals surface area contributed by atoms with Crippen molar-refractivity contribution in [3.05, 3.63) is 77.8 Å². The molecule has 0 fully saturated rings. The number of hydrogen-bond acceptors (Lipinski definition) is 5. The Morgan fingerprint density at radius 3 is 2.52 bits per heavy atom. The molecule has 0 unspecified atom stereocenters. The lowest BCUT2D eigenvalue weighted by Crippen LogP contribution is -2.26. The molecule has 0 spiro atoms. The number of ether oxygens (including phenoxy) is 1. The summed E-state index contributed by atoms with van der Waals surface area (Å²) in [5.74, 6) is 0.800. The van der Waals surface area contributed by atoms with Gasteiger partial charge in [0.25, 0.3) is 0 Å². The number of nitrogens with one attached hydrogen (secondary N) is 1. The minimum Gasteiger partial charge on any atom is -0.497 e. The van der Waals surface area contributed by atoms with Crippen molar-refractivity contribution in [3.63, 3.8) is 0 Å². The molecule has 0 aliphatic heterocycles. The van der Waals surface area contributed by atoms with Gasteiger partial charge in [0.1, 0.15) is 10.8 Å². The molecular formula is C22H20N2O3S2. The van der Waals surface area contributed by atoms with Crippen LogP contribution in [0.15, 0.2) is 77.0 Å². The zero-order valence-corrected chi connectivity index (χ0v) is 17.5. The Hall–Kier alpha value is -2.74. The highest BCUT2D eigenvalue weighted by molar-refractivity contribution is 7.89. The van der Waals surface area contributed by atoms with Gasteiger partial charge in [-0.15, -0.1) is 11.3 Å². The van der Waals surface area contributed by atoms with E-state index >= 15 is 0 Å². The van der Waals surface area contributed by atoms with Gasteiger partial charge in [-0.25, -0.2) is 18.1 Å². The number of rotatable bonds is 7. The number of nitrogens with zero attached hydrogens (tertiary/aromatic N) is 1. The highest BCUT2D eigenvalue weighted by Crippen LogP contribution is 2.26. The second-order valence-electron chi connectivity index (χ2n) is 6.53.